The minimum Gasteiger partial charge on any atom is -0.384 e. The van der Waals surface area contributed by atoms with Gasteiger partial charge in [-0.2, -0.15) is 0 Å². The van der Waals surface area contributed by atoms with E-state index in [2.05, 4.69) is 75.5 Å². The largest absolute Gasteiger partial charge is 0.384 e. The summed E-state index contributed by atoms with van der Waals surface area (Å²) in [5.74, 6) is 0. The van der Waals surface area contributed by atoms with E-state index in [0.29, 0.717) is 0 Å². The third kappa shape index (κ3) is 4.96. The first-order valence-electron chi connectivity index (χ1n) is 6.56. The molecule has 0 aromatic heterocycles. The van der Waals surface area contributed by atoms with Gasteiger partial charge in [-0.3, -0.25) is 0 Å². The van der Waals surface area contributed by atoms with Crippen molar-refractivity contribution in [2.75, 3.05) is 37.4 Å². The van der Waals surface area contributed by atoms with Crippen LogP contribution < -0.4 is 15.5 Å². The highest BCUT2D eigenvalue weighted by molar-refractivity contribution is 5.61. The normalized spacial score (nSPS) is 11.4. The Morgan fingerprint density at radius 2 is 1.78 bits per heavy atom. The molecular formula is C15H27N3. The number of hydrogen-bond acceptors (Lipinski definition) is 3. The van der Waals surface area contributed by atoms with E-state index in [4.69, 9.17) is 0 Å². The fraction of sp³-hybridized carbons (Fsp3) is 0.600. The minimum absolute atomic E-state index is 0.184. The standard InChI is InChI=1S/C15H27N3/c1-12-7-8-13(11-14(12)18(5)6)16-9-10-17-15(2,3)4/h7-8,11,16-17H,9-10H2,1-6H3. The molecule has 0 aliphatic carbocycles. The lowest BCUT2D eigenvalue weighted by atomic mass is 10.1. The van der Waals surface area contributed by atoms with Crippen LogP contribution in [0.1, 0.15) is 26.3 Å². The maximum atomic E-state index is 3.47. The quantitative estimate of drug-likeness (QED) is 0.786. The number of benzene rings is 1. The smallest absolute Gasteiger partial charge is 0.0411 e. The second kappa shape index (κ2) is 6.10. The Balaban J connectivity index is 2.51. The van der Waals surface area contributed by atoms with E-state index in [0.717, 1.165) is 13.1 Å². The number of nitrogens with zero attached hydrogens (tertiary/aromatic N) is 1. The van der Waals surface area contributed by atoms with E-state index < -0.39 is 0 Å². The van der Waals surface area contributed by atoms with Crippen LogP contribution in [-0.4, -0.2) is 32.7 Å². The topological polar surface area (TPSA) is 27.3 Å². The van der Waals surface area contributed by atoms with Crippen molar-refractivity contribution < 1.29 is 0 Å². The summed E-state index contributed by atoms with van der Waals surface area (Å²) in [5.41, 5.74) is 3.94. The highest BCUT2D eigenvalue weighted by Gasteiger charge is 2.07. The molecule has 0 saturated carbocycles. The van der Waals surface area contributed by atoms with Crippen LogP contribution >= 0.6 is 0 Å². The van der Waals surface area contributed by atoms with E-state index in [1.807, 2.05) is 0 Å². The van der Waals surface area contributed by atoms with Crippen molar-refractivity contribution in [2.24, 2.45) is 0 Å². The van der Waals surface area contributed by atoms with Gasteiger partial charge in [-0.05, 0) is 45.4 Å². The van der Waals surface area contributed by atoms with Crippen LogP contribution in [0.3, 0.4) is 0 Å². The molecule has 0 unspecified atom stereocenters. The average Bonchev–Trinajstić information content (AvgIpc) is 2.24. The predicted molar refractivity (Wildman–Crippen MR) is 81.8 cm³/mol. The van der Waals surface area contributed by atoms with Crippen molar-refractivity contribution in [1.82, 2.24) is 5.32 Å². The molecule has 0 fully saturated rings. The molecule has 0 atom stereocenters. The molecule has 0 saturated heterocycles. The third-order valence-corrected chi connectivity index (χ3v) is 2.80. The fourth-order valence-electron chi connectivity index (χ4n) is 1.85. The van der Waals surface area contributed by atoms with Crippen molar-refractivity contribution in [3.8, 4) is 0 Å². The first-order valence-corrected chi connectivity index (χ1v) is 6.56. The summed E-state index contributed by atoms with van der Waals surface area (Å²) in [5, 5.41) is 6.92. The van der Waals surface area contributed by atoms with Gasteiger partial charge in [0.2, 0.25) is 0 Å². The molecule has 1 rings (SSSR count). The van der Waals surface area contributed by atoms with Gasteiger partial charge in [-0.15, -0.1) is 0 Å². The molecule has 102 valence electrons. The summed E-state index contributed by atoms with van der Waals surface area (Å²) in [4.78, 5) is 2.15. The van der Waals surface area contributed by atoms with Crippen molar-refractivity contribution in [3.63, 3.8) is 0 Å². The maximum absolute atomic E-state index is 3.47. The fourth-order valence-corrected chi connectivity index (χ4v) is 1.85. The Morgan fingerprint density at radius 3 is 2.33 bits per heavy atom. The number of rotatable bonds is 5. The SMILES string of the molecule is Cc1ccc(NCCNC(C)(C)C)cc1N(C)C. The van der Waals surface area contributed by atoms with Crippen LogP contribution in [0.15, 0.2) is 18.2 Å². The number of nitrogens with one attached hydrogen (secondary N) is 2. The number of anilines is 2. The maximum Gasteiger partial charge on any atom is 0.0411 e. The molecule has 0 amide bonds. The molecule has 0 spiro atoms. The molecule has 1 aromatic carbocycles. The zero-order valence-electron chi connectivity index (χ0n) is 12.6. The Labute approximate surface area is 112 Å². The van der Waals surface area contributed by atoms with Crippen molar-refractivity contribution in [3.05, 3.63) is 23.8 Å². The summed E-state index contributed by atoms with van der Waals surface area (Å²) >= 11 is 0. The van der Waals surface area contributed by atoms with Crippen LogP contribution in [0.25, 0.3) is 0 Å². The van der Waals surface area contributed by atoms with Crippen LogP contribution in [-0.2, 0) is 0 Å². The molecule has 1 aromatic rings. The van der Waals surface area contributed by atoms with Gasteiger partial charge >= 0.3 is 0 Å². The van der Waals surface area contributed by atoms with Gasteiger partial charge in [0.1, 0.15) is 0 Å². The average molecular weight is 249 g/mol. The Kier molecular flexibility index (Phi) is 5.03. The highest BCUT2D eigenvalue weighted by atomic mass is 15.1. The van der Waals surface area contributed by atoms with Gasteiger partial charge in [0, 0.05) is 44.1 Å². The van der Waals surface area contributed by atoms with Crippen LogP contribution in [0, 0.1) is 6.92 Å². The summed E-state index contributed by atoms with van der Waals surface area (Å²) in [6.45, 7) is 10.6. The first kappa shape index (κ1) is 14.8. The molecule has 0 aliphatic heterocycles. The van der Waals surface area contributed by atoms with Crippen molar-refractivity contribution in [2.45, 2.75) is 33.2 Å². The van der Waals surface area contributed by atoms with Gasteiger partial charge in [0.05, 0.1) is 0 Å². The predicted octanol–water partition coefficient (Wildman–Crippen LogP) is 2.86. The summed E-state index contributed by atoms with van der Waals surface area (Å²) in [6.07, 6.45) is 0. The molecule has 3 heteroatoms. The monoisotopic (exact) mass is 249 g/mol. The molecular weight excluding hydrogens is 222 g/mol. The van der Waals surface area contributed by atoms with Gasteiger partial charge < -0.3 is 15.5 Å². The molecule has 0 radical (unpaired) electrons. The van der Waals surface area contributed by atoms with Crippen LogP contribution in [0.5, 0.6) is 0 Å². The molecule has 2 N–H and O–H groups in total. The summed E-state index contributed by atoms with van der Waals surface area (Å²) < 4.78 is 0. The molecule has 0 bridgehead atoms. The van der Waals surface area contributed by atoms with Gasteiger partial charge in [-0.25, -0.2) is 0 Å². The molecule has 0 heterocycles. The Hall–Kier alpha value is -1.22. The van der Waals surface area contributed by atoms with Gasteiger partial charge in [-0.1, -0.05) is 6.07 Å². The van der Waals surface area contributed by atoms with E-state index in [1.165, 1.54) is 16.9 Å². The first-order chi connectivity index (χ1) is 8.29. The number of aryl methyl sites for hydroxylation is 1. The van der Waals surface area contributed by atoms with E-state index >= 15 is 0 Å². The summed E-state index contributed by atoms with van der Waals surface area (Å²) in [6, 6.07) is 6.50. The van der Waals surface area contributed by atoms with Crippen molar-refractivity contribution in [1.29, 1.82) is 0 Å². The Bertz CT molecular complexity index is 378. The van der Waals surface area contributed by atoms with E-state index in [1.54, 1.807) is 0 Å². The number of hydrogen-bond donors (Lipinski definition) is 2. The van der Waals surface area contributed by atoms with E-state index in [9.17, 15) is 0 Å². The lowest BCUT2D eigenvalue weighted by Gasteiger charge is -2.21. The zero-order valence-corrected chi connectivity index (χ0v) is 12.6. The van der Waals surface area contributed by atoms with Crippen LogP contribution in [0.2, 0.25) is 0 Å². The zero-order chi connectivity index (χ0) is 13.8. The van der Waals surface area contributed by atoms with E-state index in [-0.39, 0.29) is 5.54 Å². The lowest BCUT2D eigenvalue weighted by Crippen LogP contribution is -2.38. The van der Waals surface area contributed by atoms with Gasteiger partial charge in [0.15, 0.2) is 0 Å². The highest BCUT2D eigenvalue weighted by Crippen LogP contribution is 2.22. The minimum atomic E-state index is 0.184. The summed E-state index contributed by atoms with van der Waals surface area (Å²) in [7, 11) is 4.15. The second-order valence-corrected chi connectivity index (χ2v) is 6.00. The van der Waals surface area contributed by atoms with Crippen molar-refractivity contribution >= 4 is 11.4 Å². The molecule has 18 heavy (non-hydrogen) atoms. The van der Waals surface area contributed by atoms with Crippen LogP contribution in [0.4, 0.5) is 11.4 Å². The van der Waals surface area contributed by atoms with Gasteiger partial charge in [0.25, 0.3) is 0 Å². The third-order valence-electron chi connectivity index (χ3n) is 2.80. The second-order valence-electron chi connectivity index (χ2n) is 6.00. The Morgan fingerprint density at radius 1 is 1.11 bits per heavy atom. The lowest BCUT2D eigenvalue weighted by molar-refractivity contribution is 0.435. The molecule has 0 aliphatic rings. The molecule has 3 nitrogen and oxygen atoms in total.